The van der Waals surface area contributed by atoms with Gasteiger partial charge < -0.3 is 15.3 Å². The van der Waals surface area contributed by atoms with E-state index in [0.717, 1.165) is 11.1 Å². The molecule has 0 radical (unpaired) electrons. The second-order valence-electron chi connectivity index (χ2n) is 4.90. The Balaban J connectivity index is 2.18. The molecule has 0 unspecified atom stereocenters. The second kappa shape index (κ2) is 4.86. The molecular weight excluding hydrogens is 270 g/mol. The summed E-state index contributed by atoms with van der Waals surface area (Å²) >= 11 is 0. The summed E-state index contributed by atoms with van der Waals surface area (Å²) in [5.74, 6) is -0.135. The van der Waals surface area contributed by atoms with E-state index in [-0.39, 0.29) is 29.0 Å². The van der Waals surface area contributed by atoms with Crippen molar-refractivity contribution in [1.29, 1.82) is 0 Å². The number of rotatable bonds is 1. The van der Waals surface area contributed by atoms with Crippen LogP contribution in [0.15, 0.2) is 40.7 Å². The molecule has 5 nitrogen and oxygen atoms in total. The van der Waals surface area contributed by atoms with E-state index in [9.17, 15) is 20.1 Å². The Morgan fingerprint density at radius 2 is 1.95 bits per heavy atom. The van der Waals surface area contributed by atoms with E-state index in [1.165, 1.54) is 6.07 Å². The molecule has 0 fully saturated rings. The Morgan fingerprint density at radius 1 is 1.14 bits per heavy atom. The summed E-state index contributed by atoms with van der Waals surface area (Å²) in [6.07, 6.45) is 3.75. The minimum atomic E-state index is -0.518. The smallest absolute Gasteiger partial charge is 0.261 e. The molecule has 1 aliphatic rings. The minimum absolute atomic E-state index is 0.0415. The van der Waals surface area contributed by atoms with Crippen LogP contribution in [0.25, 0.3) is 17.9 Å². The fourth-order valence-corrected chi connectivity index (χ4v) is 2.43. The van der Waals surface area contributed by atoms with E-state index in [0.29, 0.717) is 5.22 Å². The van der Waals surface area contributed by atoms with Gasteiger partial charge in [-0.05, 0) is 28.5 Å². The number of aromatic amines is 1. The van der Waals surface area contributed by atoms with Crippen LogP contribution in [0.3, 0.4) is 0 Å². The van der Waals surface area contributed by atoms with Gasteiger partial charge in [0.05, 0.1) is 5.22 Å². The quantitative estimate of drug-likeness (QED) is 0.620. The fourth-order valence-electron chi connectivity index (χ4n) is 2.43. The molecule has 0 atom stereocenters. The average molecular weight is 283 g/mol. The standard InChI is InChI=1S/C16H13NO4/c18-12-3-1-2-9(6-12)4-10-5-11-8-14(20)17-16(21)15(11)13(19)7-10/h1-6,8,18-20H,7H2,(H,17,21). The summed E-state index contributed by atoms with van der Waals surface area (Å²) in [4.78, 5) is 14.0. The first kappa shape index (κ1) is 13.1. The van der Waals surface area contributed by atoms with Crippen molar-refractivity contribution < 1.29 is 15.3 Å². The number of pyridine rings is 1. The maximum absolute atomic E-state index is 11.7. The van der Waals surface area contributed by atoms with Crippen LogP contribution in [0.2, 0.25) is 0 Å². The van der Waals surface area contributed by atoms with Crippen LogP contribution in [0, 0.1) is 0 Å². The van der Waals surface area contributed by atoms with Crippen molar-refractivity contribution in [2.24, 2.45) is 0 Å². The van der Waals surface area contributed by atoms with Crippen LogP contribution < -0.4 is 16.0 Å². The number of nitrogens with one attached hydrogen (secondary N) is 1. The number of phenolic OH excluding ortho intramolecular Hbond substituents is 1. The number of H-pyrrole nitrogens is 1. The van der Waals surface area contributed by atoms with Crippen LogP contribution >= 0.6 is 0 Å². The van der Waals surface area contributed by atoms with Gasteiger partial charge in [-0.2, -0.15) is 0 Å². The molecule has 1 heterocycles. The van der Waals surface area contributed by atoms with E-state index < -0.39 is 5.56 Å². The summed E-state index contributed by atoms with van der Waals surface area (Å²) in [7, 11) is 0. The van der Waals surface area contributed by atoms with Crippen molar-refractivity contribution in [3.8, 4) is 11.6 Å². The van der Waals surface area contributed by atoms with Crippen LogP contribution in [0.4, 0.5) is 0 Å². The second-order valence-corrected chi connectivity index (χ2v) is 4.90. The lowest BCUT2D eigenvalue weighted by molar-refractivity contribution is 0.449. The van der Waals surface area contributed by atoms with Gasteiger partial charge in [-0.3, -0.25) is 9.78 Å². The Labute approximate surface area is 119 Å². The highest BCUT2D eigenvalue weighted by molar-refractivity contribution is 5.70. The van der Waals surface area contributed by atoms with Crippen molar-refractivity contribution in [1.82, 2.24) is 4.98 Å². The Hall–Kier alpha value is -2.95. The lowest BCUT2D eigenvalue weighted by Gasteiger charge is -2.09. The first-order valence-electron chi connectivity index (χ1n) is 6.39. The predicted molar refractivity (Wildman–Crippen MR) is 79.2 cm³/mol. The molecule has 0 saturated heterocycles. The normalized spacial score (nSPS) is 15.6. The van der Waals surface area contributed by atoms with Crippen LogP contribution in [0.1, 0.15) is 12.0 Å². The van der Waals surface area contributed by atoms with Crippen LogP contribution in [-0.2, 0) is 0 Å². The van der Waals surface area contributed by atoms with Crippen molar-refractivity contribution in [3.63, 3.8) is 0 Å². The summed E-state index contributed by atoms with van der Waals surface area (Å²) in [6.45, 7) is 0. The summed E-state index contributed by atoms with van der Waals surface area (Å²) < 4.78 is 0. The molecule has 0 amide bonds. The van der Waals surface area contributed by atoms with Gasteiger partial charge in [0.2, 0.25) is 0 Å². The topological polar surface area (TPSA) is 93.6 Å². The lowest BCUT2D eigenvalue weighted by atomic mass is 10.00. The van der Waals surface area contributed by atoms with Crippen molar-refractivity contribution in [2.45, 2.75) is 6.42 Å². The zero-order valence-electron chi connectivity index (χ0n) is 11.0. The average Bonchev–Trinajstić information content (AvgIpc) is 2.37. The summed E-state index contributed by atoms with van der Waals surface area (Å²) in [5.41, 5.74) is 1.04. The molecule has 21 heavy (non-hydrogen) atoms. The third-order valence-electron chi connectivity index (χ3n) is 3.27. The van der Waals surface area contributed by atoms with Gasteiger partial charge in [-0.25, -0.2) is 0 Å². The molecule has 1 aromatic heterocycles. The molecule has 5 heteroatoms. The van der Waals surface area contributed by atoms with E-state index in [1.54, 1.807) is 30.4 Å². The summed E-state index contributed by atoms with van der Waals surface area (Å²) in [6, 6.07) is 8.11. The van der Waals surface area contributed by atoms with Gasteiger partial charge in [0.1, 0.15) is 11.5 Å². The molecule has 4 N–H and O–H groups in total. The number of aliphatic hydroxyl groups is 1. The Kier molecular flexibility index (Phi) is 3.02. The van der Waals surface area contributed by atoms with Crippen molar-refractivity contribution in [2.75, 3.05) is 0 Å². The van der Waals surface area contributed by atoms with E-state index >= 15 is 0 Å². The summed E-state index contributed by atoms with van der Waals surface area (Å²) in [5, 5.41) is 29.6. The van der Waals surface area contributed by atoms with Crippen LogP contribution in [0.5, 0.6) is 11.6 Å². The van der Waals surface area contributed by atoms with E-state index in [2.05, 4.69) is 4.98 Å². The first-order valence-corrected chi connectivity index (χ1v) is 6.39. The number of fused-ring (bicyclic) bond motifs is 1. The van der Waals surface area contributed by atoms with E-state index in [1.807, 2.05) is 6.07 Å². The minimum Gasteiger partial charge on any atom is -0.511 e. The number of aromatic hydroxyl groups is 2. The maximum Gasteiger partial charge on any atom is 0.261 e. The molecule has 0 aliphatic heterocycles. The fraction of sp³-hybridized carbons (Fsp3) is 0.0625. The first-order chi connectivity index (χ1) is 10.0. The van der Waals surface area contributed by atoms with Gasteiger partial charge in [0.15, 0.2) is 5.88 Å². The number of hydrogen-bond donors (Lipinski definition) is 4. The molecule has 0 saturated carbocycles. The van der Waals surface area contributed by atoms with Gasteiger partial charge in [-0.1, -0.05) is 24.3 Å². The monoisotopic (exact) mass is 283 g/mol. The van der Waals surface area contributed by atoms with E-state index in [4.69, 9.17) is 0 Å². The molecule has 0 spiro atoms. The Bertz CT molecular complexity index is 922. The zero-order valence-corrected chi connectivity index (χ0v) is 11.0. The molecule has 106 valence electrons. The molecular formula is C16H13NO4. The molecule has 3 rings (SSSR count). The number of aromatic nitrogens is 1. The number of hydrogen-bond acceptors (Lipinski definition) is 4. The maximum atomic E-state index is 11.7. The van der Waals surface area contributed by atoms with Gasteiger partial charge in [-0.15, -0.1) is 0 Å². The largest absolute Gasteiger partial charge is 0.511 e. The number of phenols is 1. The third kappa shape index (κ3) is 2.53. The van der Waals surface area contributed by atoms with Crippen molar-refractivity contribution in [3.05, 3.63) is 62.3 Å². The highest BCUT2D eigenvalue weighted by atomic mass is 16.3. The molecule has 0 bridgehead atoms. The molecule has 1 aromatic carbocycles. The number of aliphatic hydroxyl groups excluding tert-OH is 1. The van der Waals surface area contributed by atoms with Gasteiger partial charge in [0.25, 0.3) is 5.56 Å². The highest BCUT2D eigenvalue weighted by Crippen LogP contribution is 2.19. The Morgan fingerprint density at radius 3 is 2.71 bits per heavy atom. The molecule has 2 aromatic rings. The third-order valence-corrected chi connectivity index (χ3v) is 3.27. The predicted octanol–water partition coefficient (Wildman–Crippen LogP) is 0.720. The van der Waals surface area contributed by atoms with Gasteiger partial charge in [0, 0.05) is 12.5 Å². The SMILES string of the molecule is O=c1[nH]c(O)cc2c1=C(O)CC(=Cc1cccc(O)c1)C=2. The van der Waals surface area contributed by atoms with Gasteiger partial charge >= 0.3 is 0 Å². The zero-order chi connectivity index (χ0) is 15.0. The lowest BCUT2D eigenvalue weighted by Crippen LogP contribution is -2.43. The van der Waals surface area contributed by atoms with Crippen LogP contribution in [-0.4, -0.2) is 20.3 Å². The number of benzene rings is 1. The van der Waals surface area contributed by atoms with Crippen molar-refractivity contribution >= 4 is 17.9 Å². The highest BCUT2D eigenvalue weighted by Gasteiger charge is 2.11. The molecule has 1 aliphatic carbocycles.